The van der Waals surface area contributed by atoms with E-state index in [0.717, 1.165) is 11.0 Å². The molecule has 1 saturated heterocycles. The first-order valence-corrected chi connectivity index (χ1v) is 8.07. The molecule has 4 amide bonds. The summed E-state index contributed by atoms with van der Waals surface area (Å²) >= 11 is 0. The molecule has 2 rings (SSSR count). The van der Waals surface area contributed by atoms with E-state index < -0.39 is 29.7 Å². The van der Waals surface area contributed by atoms with Crippen LogP contribution in [0.2, 0.25) is 0 Å². The van der Waals surface area contributed by atoms with Crippen LogP contribution in [0.3, 0.4) is 0 Å². The average molecular weight is 354 g/mol. The van der Waals surface area contributed by atoms with Crippen LogP contribution in [0.1, 0.15) is 12.8 Å². The number of carbonyl (C=O) groups excluding carboxylic acids is 4. The number of carbonyl (C=O) groups is 4. The van der Waals surface area contributed by atoms with Crippen molar-refractivity contribution in [2.24, 2.45) is 5.73 Å². The minimum absolute atomic E-state index is 0.0935. The van der Waals surface area contributed by atoms with Crippen LogP contribution in [0.15, 0.2) is 11.8 Å². The Bertz CT molecular complexity index is 576. The smallest absolute Gasteiger partial charge is 0.277 e. The molecule has 1 atom stereocenters. The van der Waals surface area contributed by atoms with Gasteiger partial charge in [0.05, 0.1) is 26.4 Å². The summed E-state index contributed by atoms with van der Waals surface area (Å²) in [6.07, 6.45) is 1.38. The molecule has 0 spiro atoms. The molecule has 0 aliphatic carbocycles. The van der Waals surface area contributed by atoms with Gasteiger partial charge >= 0.3 is 0 Å². The number of nitrogens with zero attached hydrogens (tertiary/aromatic N) is 1. The lowest BCUT2D eigenvalue weighted by atomic mass is 10.0. The lowest BCUT2D eigenvalue weighted by Gasteiger charge is -2.28. The number of hydrogen-bond acceptors (Lipinski definition) is 8. The molecule has 2 aliphatic rings. The van der Waals surface area contributed by atoms with Crippen LogP contribution in [-0.2, 0) is 28.7 Å². The summed E-state index contributed by atoms with van der Waals surface area (Å²) in [7, 11) is 0. The number of nitrogens with two attached hydrogens (primary N) is 1. The number of rotatable bonds is 10. The third-order valence-corrected chi connectivity index (χ3v) is 3.67. The van der Waals surface area contributed by atoms with Crippen LogP contribution >= 0.6 is 0 Å². The lowest BCUT2D eigenvalue weighted by molar-refractivity contribution is -0.149. The van der Waals surface area contributed by atoms with Gasteiger partial charge in [-0.2, -0.15) is 0 Å². The Labute approximate surface area is 144 Å². The molecule has 1 unspecified atom stereocenters. The van der Waals surface area contributed by atoms with Crippen LogP contribution in [0, 0.1) is 0 Å². The fourth-order valence-corrected chi connectivity index (χ4v) is 2.50. The first kappa shape index (κ1) is 19.0. The van der Waals surface area contributed by atoms with E-state index in [0.29, 0.717) is 39.5 Å². The summed E-state index contributed by atoms with van der Waals surface area (Å²) in [6.45, 7) is 2.40. The van der Waals surface area contributed by atoms with Gasteiger partial charge in [0.1, 0.15) is 11.7 Å². The summed E-state index contributed by atoms with van der Waals surface area (Å²) in [5, 5.41) is 4.96. The summed E-state index contributed by atoms with van der Waals surface area (Å²) in [4.78, 5) is 48.2. The van der Waals surface area contributed by atoms with Gasteiger partial charge in [0, 0.05) is 25.6 Å². The van der Waals surface area contributed by atoms with Crippen molar-refractivity contribution in [1.29, 1.82) is 0 Å². The maximum absolute atomic E-state index is 12.3. The molecule has 1 fully saturated rings. The van der Waals surface area contributed by atoms with Crippen LogP contribution in [0.4, 0.5) is 0 Å². The SMILES string of the molecule is NCCOCCOCCNC1=CC(=O)N(C2CCC(=O)NC2=O)C1=O. The molecule has 25 heavy (non-hydrogen) atoms. The van der Waals surface area contributed by atoms with E-state index in [1.807, 2.05) is 0 Å². The number of imide groups is 2. The Kier molecular flexibility index (Phi) is 7.04. The first-order chi connectivity index (χ1) is 12.0. The van der Waals surface area contributed by atoms with E-state index >= 15 is 0 Å². The average Bonchev–Trinajstić information content (AvgIpc) is 2.85. The van der Waals surface area contributed by atoms with Crippen molar-refractivity contribution < 1.29 is 28.7 Å². The standard InChI is InChI=1S/C15H22N4O6/c16-3-5-24-7-8-25-6-4-17-10-9-13(21)19(15(10)23)11-1-2-12(20)18-14(11)22/h9,11,17H,1-8,16H2,(H,18,20,22). The van der Waals surface area contributed by atoms with Gasteiger partial charge < -0.3 is 20.5 Å². The molecule has 4 N–H and O–H groups in total. The predicted molar refractivity (Wildman–Crippen MR) is 84.8 cm³/mol. The Morgan fingerprint density at radius 1 is 1.16 bits per heavy atom. The third kappa shape index (κ3) is 5.08. The number of hydrogen-bond donors (Lipinski definition) is 3. The van der Waals surface area contributed by atoms with E-state index in [-0.39, 0.29) is 18.5 Å². The fraction of sp³-hybridized carbons (Fsp3) is 0.600. The Balaban J connectivity index is 1.74. The molecule has 0 bridgehead atoms. The van der Waals surface area contributed by atoms with Crippen molar-refractivity contribution in [2.45, 2.75) is 18.9 Å². The van der Waals surface area contributed by atoms with Crippen LogP contribution in [0.25, 0.3) is 0 Å². The molecular formula is C15H22N4O6. The molecule has 10 nitrogen and oxygen atoms in total. The second-order valence-electron chi connectivity index (χ2n) is 5.48. The minimum Gasteiger partial charge on any atom is -0.378 e. The second-order valence-corrected chi connectivity index (χ2v) is 5.48. The number of ether oxygens (including phenoxy) is 2. The topological polar surface area (TPSA) is 140 Å². The quantitative estimate of drug-likeness (QED) is 0.292. The Morgan fingerprint density at radius 3 is 2.56 bits per heavy atom. The van der Waals surface area contributed by atoms with Crippen LogP contribution in [0.5, 0.6) is 0 Å². The van der Waals surface area contributed by atoms with Crippen molar-refractivity contribution in [2.75, 3.05) is 39.5 Å². The van der Waals surface area contributed by atoms with Gasteiger partial charge in [-0.15, -0.1) is 0 Å². The summed E-state index contributed by atoms with van der Waals surface area (Å²) in [6, 6.07) is -0.954. The molecule has 0 aromatic heterocycles. The van der Waals surface area contributed by atoms with Crippen molar-refractivity contribution >= 4 is 23.6 Å². The molecular weight excluding hydrogens is 332 g/mol. The van der Waals surface area contributed by atoms with E-state index in [4.69, 9.17) is 15.2 Å². The van der Waals surface area contributed by atoms with Crippen molar-refractivity contribution in [3.63, 3.8) is 0 Å². The van der Waals surface area contributed by atoms with Gasteiger partial charge in [0.25, 0.3) is 11.8 Å². The van der Waals surface area contributed by atoms with Gasteiger partial charge in [-0.25, -0.2) is 0 Å². The van der Waals surface area contributed by atoms with Gasteiger partial charge in [0.15, 0.2) is 0 Å². The highest BCUT2D eigenvalue weighted by Crippen LogP contribution is 2.19. The highest BCUT2D eigenvalue weighted by Gasteiger charge is 2.42. The maximum Gasteiger partial charge on any atom is 0.277 e. The fourth-order valence-electron chi connectivity index (χ4n) is 2.50. The maximum atomic E-state index is 12.3. The second kappa shape index (κ2) is 9.25. The zero-order valence-corrected chi connectivity index (χ0v) is 13.8. The zero-order chi connectivity index (χ0) is 18.2. The van der Waals surface area contributed by atoms with Gasteiger partial charge in [-0.05, 0) is 6.42 Å². The van der Waals surface area contributed by atoms with E-state index in [2.05, 4.69) is 10.6 Å². The molecule has 0 aromatic rings. The highest BCUT2D eigenvalue weighted by molar-refractivity contribution is 6.18. The monoisotopic (exact) mass is 354 g/mol. The van der Waals surface area contributed by atoms with Gasteiger partial charge in [-0.3, -0.25) is 29.4 Å². The number of nitrogens with one attached hydrogen (secondary N) is 2. The van der Waals surface area contributed by atoms with Crippen LogP contribution < -0.4 is 16.4 Å². The first-order valence-electron chi connectivity index (χ1n) is 8.07. The number of piperidine rings is 1. The van der Waals surface area contributed by atoms with Crippen molar-refractivity contribution in [3.05, 3.63) is 11.8 Å². The molecule has 2 heterocycles. The molecule has 138 valence electrons. The molecule has 10 heteroatoms. The number of amides is 4. The molecule has 0 saturated carbocycles. The largest absolute Gasteiger partial charge is 0.378 e. The molecule has 0 radical (unpaired) electrons. The van der Waals surface area contributed by atoms with E-state index in [1.165, 1.54) is 0 Å². The Hall–Kier alpha value is -2.30. The third-order valence-electron chi connectivity index (χ3n) is 3.67. The lowest BCUT2D eigenvalue weighted by Crippen LogP contribution is -2.54. The highest BCUT2D eigenvalue weighted by atomic mass is 16.5. The Morgan fingerprint density at radius 2 is 1.88 bits per heavy atom. The zero-order valence-electron chi connectivity index (χ0n) is 13.8. The predicted octanol–water partition coefficient (Wildman–Crippen LogP) is -2.37. The summed E-state index contributed by atoms with van der Waals surface area (Å²) in [5.74, 6) is -2.18. The van der Waals surface area contributed by atoms with E-state index in [9.17, 15) is 19.2 Å². The summed E-state index contributed by atoms with van der Waals surface area (Å²) < 4.78 is 10.5. The van der Waals surface area contributed by atoms with Crippen molar-refractivity contribution in [3.8, 4) is 0 Å². The van der Waals surface area contributed by atoms with Gasteiger partial charge in [-0.1, -0.05) is 0 Å². The van der Waals surface area contributed by atoms with E-state index in [1.54, 1.807) is 0 Å². The normalized spacial score (nSPS) is 20.8. The van der Waals surface area contributed by atoms with Crippen molar-refractivity contribution in [1.82, 2.24) is 15.5 Å². The van der Waals surface area contributed by atoms with Crippen LogP contribution in [-0.4, -0.2) is 74.1 Å². The van der Waals surface area contributed by atoms with Gasteiger partial charge in [0.2, 0.25) is 11.8 Å². The molecule has 0 aromatic carbocycles. The summed E-state index contributed by atoms with van der Waals surface area (Å²) in [5.41, 5.74) is 5.39. The minimum atomic E-state index is -0.954. The molecule has 2 aliphatic heterocycles.